The topological polar surface area (TPSA) is 59.9 Å². The number of carbonyl (C=O) groups is 1. The molecule has 0 aromatic heterocycles. The van der Waals surface area contributed by atoms with Crippen LogP contribution in [0.4, 0.5) is 0 Å². The van der Waals surface area contributed by atoms with Crippen molar-refractivity contribution in [3.05, 3.63) is 59.2 Å². The summed E-state index contributed by atoms with van der Waals surface area (Å²) in [5, 5.41) is 3.90. The molecule has 0 aliphatic rings. The van der Waals surface area contributed by atoms with Crippen LogP contribution in [0.25, 0.3) is 0 Å². The minimum Gasteiger partial charge on any atom is -0.497 e. The molecule has 0 spiro atoms. The standard InChI is InChI=1S/C18H20N2O3/c1-13-4-7-17(10-14(13)2)23-12-18(21)20-19-11-15-5-8-16(22-3)9-6-15/h4-11H,12H2,1-3H3,(H,20,21)/b19-11+. The maximum atomic E-state index is 11.7. The summed E-state index contributed by atoms with van der Waals surface area (Å²) >= 11 is 0. The van der Waals surface area contributed by atoms with Crippen LogP contribution in [0, 0.1) is 13.8 Å². The molecule has 0 heterocycles. The highest BCUT2D eigenvalue weighted by Gasteiger charge is 2.02. The summed E-state index contributed by atoms with van der Waals surface area (Å²) in [5.74, 6) is 1.13. The van der Waals surface area contributed by atoms with Crippen molar-refractivity contribution < 1.29 is 14.3 Å². The average Bonchev–Trinajstić information content (AvgIpc) is 2.56. The predicted molar refractivity (Wildman–Crippen MR) is 90.1 cm³/mol. The highest BCUT2D eigenvalue weighted by atomic mass is 16.5. The maximum absolute atomic E-state index is 11.7. The molecule has 23 heavy (non-hydrogen) atoms. The largest absolute Gasteiger partial charge is 0.497 e. The quantitative estimate of drug-likeness (QED) is 0.659. The van der Waals surface area contributed by atoms with Gasteiger partial charge < -0.3 is 9.47 Å². The lowest BCUT2D eigenvalue weighted by Crippen LogP contribution is -2.24. The van der Waals surface area contributed by atoms with Crippen LogP contribution in [0.1, 0.15) is 16.7 Å². The molecule has 2 aromatic rings. The van der Waals surface area contributed by atoms with E-state index in [1.807, 2.05) is 56.3 Å². The van der Waals surface area contributed by atoms with Crippen LogP contribution in [-0.2, 0) is 4.79 Å². The summed E-state index contributed by atoms with van der Waals surface area (Å²) in [5.41, 5.74) is 5.60. The van der Waals surface area contributed by atoms with Crippen molar-refractivity contribution in [3.63, 3.8) is 0 Å². The molecule has 0 atom stereocenters. The minimum absolute atomic E-state index is 0.0809. The number of nitrogens with one attached hydrogen (secondary N) is 1. The fraction of sp³-hybridized carbons (Fsp3) is 0.222. The van der Waals surface area contributed by atoms with Gasteiger partial charge in [0.15, 0.2) is 6.61 Å². The molecule has 1 amide bonds. The Bertz CT molecular complexity index is 694. The smallest absolute Gasteiger partial charge is 0.277 e. The van der Waals surface area contributed by atoms with E-state index in [2.05, 4.69) is 10.5 Å². The van der Waals surface area contributed by atoms with Gasteiger partial charge in [-0.25, -0.2) is 5.43 Å². The van der Waals surface area contributed by atoms with Crippen molar-refractivity contribution >= 4 is 12.1 Å². The first-order valence-electron chi connectivity index (χ1n) is 7.24. The number of hydrazone groups is 1. The Balaban J connectivity index is 1.79. The molecule has 5 heteroatoms. The Labute approximate surface area is 135 Å². The van der Waals surface area contributed by atoms with Gasteiger partial charge in [-0.1, -0.05) is 6.07 Å². The van der Waals surface area contributed by atoms with Crippen LogP contribution >= 0.6 is 0 Å². The van der Waals surface area contributed by atoms with Gasteiger partial charge in [0.25, 0.3) is 5.91 Å². The van der Waals surface area contributed by atoms with Crippen LogP contribution in [0.15, 0.2) is 47.6 Å². The molecule has 0 aliphatic heterocycles. The Morgan fingerprint density at radius 1 is 1.09 bits per heavy atom. The van der Waals surface area contributed by atoms with Gasteiger partial charge in [-0.05, 0) is 66.9 Å². The zero-order valence-electron chi connectivity index (χ0n) is 13.5. The van der Waals surface area contributed by atoms with Gasteiger partial charge in [-0.3, -0.25) is 4.79 Å². The van der Waals surface area contributed by atoms with Gasteiger partial charge in [0.05, 0.1) is 13.3 Å². The van der Waals surface area contributed by atoms with Crippen molar-refractivity contribution in [2.24, 2.45) is 5.10 Å². The van der Waals surface area contributed by atoms with E-state index in [0.717, 1.165) is 16.9 Å². The molecule has 2 rings (SSSR count). The molecular formula is C18H20N2O3. The number of nitrogens with zero attached hydrogens (tertiary/aromatic N) is 1. The fourth-order valence-corrected chi connectivity index (χ4v) is 1.85. The van der Waals surface area contributed by atoms with Crippen molar-refractivity contribution in [2.75, 3.05) is 13.7 Å². The highest BCUT2D eigenvalue weighted by Crippen LogP contribution is 2.16. The van der Waals surface area contributed by atoms with Crippen molar-refractivity contribution in [1.29, 1.82) is 0 Å². The fourth-order valence-electron chi connectivity index (χ4n) is 1.85. The van der Waals surface area contributed by atoms with Crippen molar-refractivity contribution in [1.82, 2.24) is 5.43 Å². The lowest BCUT2D eigenvalue weighted by atomic mass is 10.1. The molecule has 0 saturated heterocycles. The molecule has 5 nitrogen and oxygen atoms in total. The summed E-state index contributed by atoms with van der Waals surface area (Å²) in [6.07, 6.45) is 1.56. The molecule has 0 unspecified atom stereocenters. The zero-order valence-corrected chi connectivity index (χ0v) is 13.5. The molecule has 120 valence electrons. The van der Waals surface area contributed by atoms with Gasteiger partial charge in [-0.15, -0.1) is 0 Å². The van der Waals surface area contributed by atoms with E-state index in [1.165, 1.54) is 5.56 Å². The molecule has 0 bridgehead atoms. The summed E-state index contributed by atoms with van der Waals surface area (Å²) < 4.78 is 10.5. The highest BCUT2D eigenvalue weighted by molar-refractivity contribution is 5.83. The molecule has 0 saturated carbocycles. The zero-order chi connectivity index (χ0) is 16.7. The molecule has 2 aromatic carbocycles. The van der Waals surface area contributed by atoms with E-state index in [-0.39, 0.29) is 12.5 Å². The van der Waals surface area contributed by atoms with Gasteiger partial charge >= 0.3 is 0 Å². The van der Waals surface area contributed by atoms with Crippen molar-refractivity contribution in [3.8, 4) is 11.5 Å². The SMILES string of the molecule is COc1ccc(/C=N/NC(=O)COc2ccc(C)c(C)c2)cc1. The van der Waals surface area contributed by atoms with E-state index in [1.54, 1.807) is 13.3 Å². The van der Waals surface area contributed by atoms with E-state index in [9.17, 15) is 4.79 Å². The van der Waals surface area contributed by atoms with E-state index >= 15 is 0 Å². The second-order valence-corrected chi connectivity index (χ2v) is 5.10. The molecule has 0 radical (unpaired) electrons. The number of aryl methyl sites for hydroxylation is 2. The van der Waals surface area contributed by atoms with Crippen LogP contribution in [0.2, 0.25) is 0 Å². The van der Waals surface area contributed by atoms with Crippen LogP contribution in [-0.4, -0.2) is 25.8 Å². The number of methoxy groups -OCH3 is 1. The molecule has 0 aliphatic carbocycles. The summed E-state index contributed by atoms with van der Waals surface area (Å²) in [4.78, 5) is 11.7. The second-order valence-electron chi connectivity index (χ2n) is 5.10. The third kappa shape index (κ3) is 5.14. The number of hydrogen-bond donors (Lipinski definition) is 1. The van der Waals surface area contributed by atoms with E-state index in [4.69, 9.17) is 9.47 Å². The third-order valence-corrected chi connectivity index (χ3v) is 3.37. The second kappa shape index (κ2) is 7.98. The monoisotopic (exact) mass is 312 g/mol. The van der Waals surface area contributed by atoms with Gasteiger partial charge in [0, 0.05) is 0 Å². The summed E-state index contributed by atoms with van der Waals surface area (Å²) in [7, 11) is 1.61. The lowest BCUT2D eigenvalue weighted by Gasteiger charge is -2.07. The summed E-state index contributed by atoms with van der Waals surface area (Å²) in [6.45, 7) is 3.95. The van der Waals surface area contributed by atoms with E-state index in [0.29, 0.717) is 5.75 Å². The van der Waals surface area contributed by atoms with Gasteiger partial charge in [-0.2, -0.15) is 5.10 Å². The average molecular weight is 312 g/mol. The normalized spacial score (nSPS) is 10.6. The number of ether oxygens (including phenoxy) is 2. The summed E-state index contributed by atoms with van der Waals surface area (Å²) in [6, 6.07) is 13.1. The third-order valence-electron chi connectivity index (χ3n) is 3.37. The number of rotatable bonds is 6. The van der Waals surface area contributed by atoms with Crippen LogP contribution in [0.5, 0.6) is 11.5 Å². The lowest BCUT2D eigenvalue weighted by molar-refractivity contribution is -0.123. The number of hydrogen-bond acceptors (Lipinski definition) is 4. The van der Waals surface area contributed by atoms with Gasteiger partial charge in [0.2, 0.25) is 0 Å². The predicted octanol–water partition coefficient (Wildman–Crippen LogP) is 2.84. The first-order chi connectivity index (χ1) is 11.1. The van der Waals surface area contributed by atoms with E-state index < -0.39 is 0 Å². The molecule has 1 N–H and O–H groups in total. The maximum Gasteiger partial charge on any atom is 0.277 e. The number of amides is 1. The minimum atomic E-state index is -0.312. The Kier molecular flexibility index (Phi) is 5.74. The van der Waals surface area contributed by atoms with Crippen LogP contribution in [0.3, 0.4) is 0 Å². The Hall–Kier alpha value is -2.82. The molecular weight excluding hydrogens is 292 g/mol. The van der Waals surface area contributed by atoms with Crippen LogP contribution < -0.4 is 14.9 Å². The number of benzene rings is 2. The number of carbonyl (C=O) groups excluding carboxylic acids is 1. The van der Waals surface area contributed by atoms with Gasteiger partial charge in [0.1, 0.15) is 11.5 Å². The molecule has 0 fully saturated rings. The first-order valence-corrected chi connectivity index (χ1v) is 7.24. The first kappa shape index (κ1) is 16.5. The van der Waals surface area contributed by atoms with Crippen molar-refractivity contribution in [2.45, 2.75) is 13.8 Å². The Morgan fingerprint density at radius 2 is 1.78 bits per heavy atom. The Morgan fingerprint density at radius 3 is 2.43 bits per heavy atom.